The van der Waals surface area contributed by atoms with E-state index < -0.39 is 0 Å². The van der Waals surface area contributed by atoms with Gasteiger partial charge in [-0.1, -0.05) is 6.07 Å². The molecule has 1 aliphatic heterocycles. The van der Waals surface area contributed by atoms with Crippen LogP contribution in [0.25, 0.3) is 10.4 Å². The first-order chi connectivity index (χ1) is 16.1. The van der Waals surface area contributed by atoms with Crippen molar-refractivity contribution in [2.45, 2.75) is 13.3 Å². The van der Waals surface area contributed by atoms with E-state index in [1.165, 1.54) is 11.3 Å². The average Bonchev–Trinajstić information content (AvgIpc) is 3.34. The van der Waals surface area contributed by atoms with Crippen LogP contribution in [0, 0.1) is 0 Å². The van der Waals surface area contributed by atoms with E-state index in [-0.39, 0.29) is 11.8 Å². The molecule has 1 aliphatic rings. The lowest BCUT2D eigenvalue weighted by Crippen LogP contribution is -2.25. The highest BCUT2D eigenvalue weighted by Gasteiger charge is 2.15. The van der Waals surface area contributed by atoms with Gasteiger partial charge in [-0.25, -0.2) is 0 Å². The molecule has 0 bridgehead atoms. The molecular weight excluding hydrogens is 440 g/mol. The molecule has 0 atom stereocenters. The summed E-state index contributed by atoms with van der Waals surface area (Å²) in [4.78, 5) is 26.7. The highest BCUT2D eigenvalue weighted by molar-refractivity contribution is 7.17. The van der Waals surface area contributed by atoms with Crippen LogP contribution in [0.4, 0.5) is 5.69 Å². The summed E-state index contributed by atoms with van der Waals surface area (Å²) >= 11 is 1.39. The molecule has 2 heterocycles. The van der Waals surface area contributed by atoms with E-state index in [1.807, 2.05) is 31.2 Å². The fourth-order valence-electron chi connectivity index (χ4n) is 3.37. The fourth-order valence-corrected chi connectivity index (χ4v) is 4.26. The van der Waals surface area contributed by atoms with E-state index in [4.69, 9.17) is 14.2 Å². The quantitative estimate of drug-likeness (QED) is 0.451. The standard InChI is InChI=1S/C25H26N2O5S/c1-2-30-12-4-11-26-24(28)18-5-3-6-19(15-18)27-25(29)23-10-9-22(33-23)17-7-8-20-21(16-17)32-14-13-31-20/h3,5-10,15-16H,2,4,11-14H2,1H3,(H,26,28)(H,27,29). The van der Waals surface area contributed by atoms with Crippen molar-refractivity contribution in [1.82, 2.24) is 5.32 Å². The lowest BCUT2D eigenvalue weighted by Gasteiger charge is -2.18. The SMILES string of the molecule is CCOCCCNC(=O)c1cccc(NC(=O)c2ccc(-c3ccc4c(c3)OCCO4)s2)c1. The molecule has 7 nitrogen and oxygen atoms in total. The minimum Gasteiger partial charge on any atom is -0.486 e. The molecule has 2 amide bonds. The van der Waals surface area contributed by atoms with Crippen LogP contribution in [0.1, 0.15) is 33.4 Å². The van der Waals surface area contributed by atoms with Crippen LogP contribution in [-0.4, -0.2) is 44.8 Å². The summed E-state index contributed by atoms with van der Waals surface area (Å²) < 4.78 is 16.5. The van der Waals surface area contributed by atoms with Crippen molar-refractivity contribution in [3.8, 4) is 21.9 Å². The summed E-state index contributed by atoms with van der Waals surface area (Å²) in [7, 11) is 0. The van der Waals surface area contributed by atoms with Crippen molar-refractivity contribution in [1.29, 1.82) is 0 Å². The predicted octanol–water partition coefficient (Wildman–Crippen LogP) is 4.60. The molecule has 0 fully saturated rings. The normalized spacial score (nSPS) is 12.3. The first-order valence-electron chi connectivity index (χ1n) is 10.9. The van der Waals surface area contributed by atoms with Crippen molar-refractivity contribution < 1.29 is 23.8 Å². The average molecular weight is 467 g/mol. The van der Waals surface area contributed by atoms with Gasteiger partial charge in [0.2, 0.25) is 0 Å². The van der Waals surface area contributed by atoms with Gasteiger partial charge < -0.3 is 24.8 Å². The van der Waals surface area contributed by atoms with E-state index in [0.717, 1.165) is 22.6 Å². The number of rotatable bonds is 9. The van der Waals surface area contributed by atoms with Crippen LogP contribution < -0.4 is 20.1 Å². The molecule has 1 aromatic heterocycles. The number of carbonyl (C=O) groups is 2. The second-order valence-electron chi connectivity index (χ2n) is 7.36. The van der Waals surface area contributed by atoms with Crippen LogP contribution in [0.15, 0.2) is 54.6 Å². The molecule has 2 aromatic carbocycles. The molecule has 172 valence electrons. The molecule has 0 unspecified atom stereocenters. The Hall–Kier alpha value is -3.36. The zero-order valence-corrected chi connectivity index (χ0v) is 19.2. The summed E-state index contributed by atoms with van der Waals surface area (Å²) in [6.45, 7) is 4.83. The Balaban J connectivity index is 1.37. The van der Waals surface area contributed by atoms with Crippen LogP contribution in [-0.2, 0) is 4.74 Å². The van der Waals surface area contributed by atoms with E-state index in [9.17, 15) is 9.59 Å². The van der Waals surface area contributed by atoms with Gasteiger partial charge in [-0.15, -0.1) is 11.3 Å². The lowest BCUT2D eigenvalue weighted by atomic mass is 10.1. The molecule has 4 rings (SSSR count). The van der Waals surface area contributed by atoms with E-state index in [0.29, 0.717) is 54.8 Å². The summed E-state index contributed by atoms with van der Waals surface area (Å²) in [6.07, 6.45) is 0.750. The van der Waals surface area contributed by atoms with Crippen LogP contribution in [0.5, 0.6) is 11.5 Å². The van der Waals surface area contributed by atoms with Gasteiger partial charge in [0.15, 0.2) is 11.5 Å². The van der Waals surface area contributed by atoms with Gasteiger partial charge >= 0.3 is 0 Å². The number of ether oxygens (including phenoxy) is 3. The Morgan fingerprint density at radius 1 is 1.00 bits per heavy atom. The zero-order valence-electron chi connectivity index (χ0n) is 18.4. The van der Waals surface area contributed by atoms with E-state index >= 15 is 0 Å². The highest BCUT2D eigenvalue weighted by atomic mass is 32.1. The number of carbonyl (C=O) groups excluding carboxylic acids is 2. The molecule has 0 saturated carbocycles. The fraction of sp³-hybridized carbons (Fsp3) is 0.280. The van der Waals surface area contributed by atoms with Crippen molar-refractivity contribution >= 4 is 28.8 Å². The number of hydrogen-bond acceptors (Lipinski definition) is 6. The van der Waals surface area contributed by atoms with Gasteiger partial charge in [-0.2, -0.15) is 0 Å². The third-order valence-electron chi connectivity index (χ3n) is 4.99. The minimum absolute atomic E-state index is 0.181. The number of benzene rings is 2. The topological polar surface area (TPSA) is 85.9 Å². The molecule has 8 heteroatoms. The molecule has 2 N–H and O–H groups in total. The molecule has 3 aromatic rings. The van der Waals surface area contributed by atoms with Gasteiger partial charge in [0.05, 0.1) is 4.88 Å². The van der Waals surface area contributed by atoms with Crippen LogP contribution in [0.3, 0.4) is 0 Å². The molecule has 0 radical (unpaired) electrons. The second-order valence-corrected chi connectivity index (χ2v) is 8.45. The number of amides is 2. The van der Waals surface area contributed by atoms with Crippen molar-refractivity contribution in [3.05, 3.63) is 65.0 Å². The van der Waals surface area contributed by atoms with Crippen LogP contribution in [0.2, 0.25) is 0 Å². The number of nitrogens with one attached hydrogen (secondary N) is 2. The first-order valence-corrected chi connectivity index (χ1v) is 11.7. The predicted molar refractivity (Wildman–Crippen MR) is 129 cm³/mol. The maximum absolute atomic E-state index is 12.8. The highest BCUT2D eigenvalue weighted by Crippen LogP contribution is 2.37. The number of fused-ring (bicyclic) bond motifs is 1. The summed E-state index contributed by atoms with van der Waals surface area (Å²) in [5.74, 6) is 1.04. The smallest absolute Gasteiger partial charge is 0.265 e. The third-order valence-corrected chi connectivity index (χ3v) is 6.13. The molecule has 0 aliphatic carbocycles. The second kappa shape index (κ2) is 11.0. The van der Waals surface area contributed by atoms with Crippen LogP contribution >= 0.6 is 11.3 Å². The summed E-state index contributed by atoms with van der Waals surface area (Å²) in [5.41, 5.74) is 2.02. The Morgan fingerprint density at radius 2 is 1.85 bits per heavy atom. The monoisotopic (exact) mass is 466 g/mol. The van der Waals surface area contributed by atoms with Crippen molar-refractivity contribution in [3.63, 3.8) is 0 Å². The van der Waals surface area contributed by atoms with Gasteiger partial charge in [0.1, 0.15) is 13.2 Å². The maximum Gasteiger partial charge on any atom is 0.265 e. The maximum atomic E-state index is 12.8. The number of anilines is 1. The molecule has 33 heavy (non-hydrogen) atoms. The van der Waals surface area contributed by atoms with Crippen molar-refractivity contribution in [2.24, 2.45) is 0 Å². The Morgan fingerprint density at radius 3 is 2.70 bits per heavy atom. The summed E-state index contributed by atoms with van der Waals surface area (Å²) in [5, 5.41) is 5.74. The first kappa shape index (κ1) is 22.8. The zero-order chi connectivity index (χ0) is 23.0. The number of thiophene rings is 1. The minimum atomic E-state index is -0.224. The van der Waals surface area contributed by atoms with Crippen molar-refractivity contribution in [2.75, 3.05) is 38.3 Å². The lowest BCUT2D eigenvalue weighted by molar-refractivity contribution is 0.0943. The number of hydrogen-bond donors (Lipinski definition) is 2. The van der Waals surface area contributed by atoms with Gasteiger partial charge in [-0.3, -0.25) is 9.59 Å². The molecular formula is C25H26N2O5S. The Bertz CT molecular complexity index is 1130. The van der Waals surface area contributed by atoms with E-state index in [2.05, 4.69) is 10.6 Å². The Labute approximate surface area is 196 Å². The molecule has 0 spiro atoms. The molecule has 0 saturated heterocycles. The van der Waals surface area contributed by atoms with E-state index in [1.54, 1.807) is 30.3 Å². The largest absolute Gasteiger partial charge is 0.486 e. The van der Waals surface area contributed by atoms with Gasteiger partial charge in [-0.05, 0) is 67.4 Å². The van der Waals surface area contributed by atoms with Gasteiger partial charge in [0.25, 0.3) is 11.8 Å². The summed E-state index contributed by atoms with van der Waals surface area (Å²) in [6, 6.07) is 16.4. The third kappa shape index (κ3) is 5.91. The van der Waals surface area contributed by atoms with Gasteiger partial charge in [0, 0.05) is 35.9 Å². The Kier molecular flexibility index (Phi) is 7.59.